The predicted octanol–water partition coefficient (Wildman–Crippen LogP) is 1.96. The molecule has 1 nitrogen and oxygen atoms in total. The monoisotopic (exact) mass is 229 g/mol. The minimum Gasteiger partial charge on any atom is -0.370 e. The summed E-state index contributed by atoms with van der Waals surface area (Å²) >= 11 is 0. The summed E-state index contributed by atoms with van der Waals surface area (Å²) in [5.41, 5.74) is -6.04. The van der Waals surface area contributed by atoms with Crippen molar-refractivity contribution in [3.05, 3.63) is 23.6 Å². The molecule has 0 saturated carbocycles. The van der Waals surface area contributed by atoms with Crippen LogP contribution in [-0.4, -0.2) is 30.3 Å². The first-order chi connectivity index (χ1) is 6.61. The maximum atomic E-state index is 12.2. The zero-order valence-electron chi connectivity index (χ0n) is 7.02. The third-order valence-electron chi connectivity index (χ3n) is 1.90. The molecule has 8 heteroatoms. The van der Waals surface area contributed by atoms with E-state index in [9.17, 15) is 26.3 Å². The number of halogens is 6. The average molecular weight is 229 g/mol. The highest BCUT2D eigenvalue weighted by Gasteiger charge is 2.71. The molecule has 0 fully saturated rings. The van der Waals surface area contributed by atoms with Gasteiger partial charge >= 0.3 is 12.4 Å². The normalized spacial score (nSPS) is 17.7. The summed E-state index contributed by atoms with van der Waals surface area (Å²) in [6.07, 6.45) is -10.1. The van der Waals surface area contributed by atoms with Gasteiger partial charge in [-0.2, -0.15) is 26.3 Å². The number of hydrogen-bond acceptors (Lipinski definition) is 1. The van der Waals surface area contributed by atoms with Crippen LogP contribution in [0.5, 0.6) is 0 Å². The molecular weight excluding hydrogens is 225 g/mol. The lowest BCUT2D eigenvalue weighted by molar-refractivity contribution is -0.349. The molecular formula is C7H4BF6O. The zero-order valence-corrected chi connectivity index (χ0v) is 7.02. The van der Waals surface area contributed by atoms with Gasteiger partial charge in [0.2, 0.25) is 0 Å². The molecule has 1 aliphatic rings. The van der Waals surface area contributed by atoms with Crippen molar-refractivity contribution in [2.75, 3.05) is 0 Å². The Morgan fingerprint density at radius 1 is 1.00 bits per heavy atom. The van der Waals surface area contributed by atoms with E-state index in [-0.39, 0.29) is 0 Å². The largest absolute Gasteiger partial charge is 0.429 e. The smallest absolute Gasteiger partial charge is 0.370 e. The van der Waals surface area contributed by atoms with Crippen molar-refractivity contribution >= 4 is 7.28 Å². The molecule has 1 aliphatic heterocycles. The second kappa shape index (κ2) is 3.29. The van der Waals surface area contributed by atoms with Crippen LogP contribution in [0.2, 0.25) is 0 Å². The number of alkyl halides is 6. The molecule has 0 unspecified atom stereocenters. The molecule has 0 saturated heterocycles. The SMILES string of the molecule is OC(C1=CC=C[B]1)(C(F)(F)F)C(F)(F)F. The van der Waals surface area contributed by atoms with E-state index < -0.39 is 23.4 Å². The molecule has 0 bridgehead atoms. The van der Waals surface area contributed by atoms with Crippen LogP contribution in [0.15, 0.2) is 23.6 Å². The molecule has 0 amide bonds. The van der Waals surface area contributed by atoms with E-state index in [1.807, 2.05) is 0 Å². The Kier molecular flexibility index (Phi) is 2.67. The van der Waals surface area contributed by atoms with Gasteiger partial charge in [-0.25, -0.2) is 0 Å². The van der Waals surface area contributed by atoms with Gasteiger partial charge in [0.15, 0.2) is 7.28 Å². The van der Waals surface area contributed by atoms with Crippen molar-refractivity contribution in [3.63, 3.8) is 0 Å². The van der Waals surface area contributed by atoms with E-state index in [4.69, 9.17) is 5.11 Å². The highest BCUT2D eigenvalue weighted by Crippen LogP contribution is 2.47. The lowest BCUT2D eigenvalue weighted by Crippen LogP contribution is -2.58. The minimum atomic E-state index is -5.81. The van der Waals surface area contributed by atoms with Gasteiger partial charge in [0.1, 0.15) is 0 Å². The van der Waals surface area contributed by atoms with Crippen LogP contribution in [0.4, 0.5) is 26.3 Å². The summed E-state index contributed by atoms with van der Waals surface area (Å²) in [6.45, 7) is 0. The van der Waals surface area contributed by atoms with E-state index >= 15 is 0 Å². The van der Waals surface area contributed by atoms with E-state index in [0.29, 0.717) is 13.4 Å². The molecule has 1 heterocycles. The van der Waals surface area contributed by atoms with Crippen LogP contribution in [0.25, 0.3) is 0 Å². The van der Waals surface area contributed by atoms with Crippen molar-refractivity contribution < 1.29 is 31.4 Å². The summed E-state index contributed by atoms with van der Waals surface area (Å²) in [5, 5.41) is 8.79. The summed E-state index contributed by atoms with van der Waals surface area (Å²) < 4.78 is 73.2. The van der Waals surface area contributed by atoms with E-state index in [0.717, 1.165) is 12.1 Å². The third kappa shape index (κ3) is 1.78. The average Bonchev–Trinajstić information content (AvgIpc) is 2.49. The van der Waals surface area contributed by atoms with Gasteiger partial charge in [0.05, 0.1) is 0 Å². The summed E-state index contributed by atoms with van der Waals surface area (Å²) in [6, 6.07) is 0. The van der Waals surface area contributed by atoms with Crippen LogP contribution in [-0.2, 0) is 0 Å². The first-order valence-corrected chi connectivity index (χ1v) is 3.68. The Hall–Kier alpha value is -0.915. The Morgan fingerprint density at radius 2 is 1.47 bits per heavy atom. The molecule has 1 rings (SSSR count). The van der Waals surface area contributed by atoms with Gasteiger partial charge in [-0.1, -0.05) is 17.6 Å². The standard InChI is InChI=1S/C7H4BF6O/c9-6(10,11)5(15,7(12,13)14)4-2-1-3-8-4/h1-3,15H. The molecule has 0 atom stereocenters. The second-order valence-electron chi connectivity index (χ2n) is 2.88. The Labute approximate surface area is 81.3 Å². The van der Waals surface area contributed by atoms with Gasteiger partial charge in [-0.3, -0.25) is 0 Å². The van der Waals surface area contributed by atoms with Crippen LogP contribution >= 0.6 is 0 Å². The van der Waals surface area contributed by atoms with Crippen molar-refractivity contribution in [1.29, 1.82) is 0 Å². The van der Waals surface area contributed by atoms with Crippen LogP contribution < -0.4 is 0 Å². The lowest BCUT2D eigenvalue weighted by Gasteiger charge is -2.33. The van der Waals surface area contributed by atoms with Crippen molar-refractivity contribution in [1.82, 2.24) is 0 Å². The topological polar surface area (TPSA) is 20.2 Å². The fraction of sp³-hybridized carbons (Fsp3) is 0.429. The molecule has 0 aromatic rings. The molecule has 1 N–H and O–H groups in total. The summed E-state index contributed by atoms with van der Waals surface area (Å²) in [5.74, 6) is 0.984. The van der Waals surface area contributed by atoms with Crippen LogP contribution in [0.1, 0.15) is 0 Å². The second-order valence-corrected chi connectivity index (χ2v) is 2.88. The summed E-state index contributed by atoms with van der Waals surface area (Å²) in [7, 11) is 0.570. The Balaban J connectivity index is 3.20. The van der Waals surface area contributed by atoms with E-state index in [1.165, 1.54) is 0 Å². The maximum absolute atomic E-state index is 12.2. The maximum Gasteiger partial charge on any atom is 0.429 e. The van der Waals surface area contributed by atoms with Crippen molar-refractivity contribution in [2.24, 2.45) is 0 Å². The Morgan fingerprint density at radius 3 is 1.73 bits per heavy atom. The van der Waals surface area contributed by atoms with E-state index in [2.05, 4.69) is 0 Å². The number of allylic oxidation sites excluding steroid dienone is 2. The van der Waals surface area contributed by atoms with Crippen molar-refractivity contribution in [2.45, 2.75) is 18.0 Å². The number of aliphatic hydroxyl groups is 1. The molecule has 1 radical (unpaired) electrons. The first-order valence-electron chi connectivity index (χ1n) is 3.68. The van der Waals surface area contributed by atoms with Gasteiger partial charge in [-0.15, -0.1) is 5.98 Å². The van der Waals surface area contributed by atoms with Gasteiger partial charge in [0, 0.05) is 0 Å². The lowest BCUT2D eigenvalue weighted by atomic mass is 9.64. The number of rotatable bonds is 1. The number of hydrogen-bond donors (Lipinski definition) is 1. The Bertz CT molecular complexity index is 298. The summed E-state index contributed by atoms with van der Waals surface area (Å²) in [4.78, 5) is 0. The minimum absolute atomic E-state index is 0.570. The molecule has 83 valence electrons. The zero-order chi connectivity index (χ0) is 11.9. The van der Waals surface area contributed by atoms with Gasteiger partial charge < -0.3 is 5.11 Å². The molecule has 0 aromatic carbocycles. The highest BCUT2D eigenvalue weighted by molar-refractivity contribution is 6.53. The van der Waals surface area contributed by atoms with Gasteiger partial charge in [-0.05, 0) is 0 Å². The third-order valence-corrected chi connectivity index (χ3v) is 1.90. The highest BCUT2D eigenvalue weighted by atomic mass is 19.4. The fourth-order valence-electron chi connectivity index (χ4n) is 1.10. The van der Waals surface area contributed by atoms with Gasteiger partial charge in [0.25, 0.3) is 5.60 Å². The fourth-order valence-corrected chi connectivity index (χ4v) is 1.10. The first kappa shape index (κ1) is 12.2. The molecule has 0 aliphatic carbocycles. The quantitative estimate of drug-likeness (QED) is 0.538. The van der Waals surface area contributed by atoms with Crippen LogP contribution in [0, 0.1) is 0 Å². The predicted molar refractivity (Wildman–Crippen MR) is 40.0 cm³/mol. The molecule has 0 spiro atoms. The molecule has 15 heavy (non-hydrogen) atoms. The van der Waals surface area contributed by atoms with Crippen molar-refractivity contribution in [3.8, 4) is 0 Å². The molecule has 0 aromatic heterocycles. The van der Waals surface area contributed by atoms with E-state index in [1.54, 1.807) is 0 Å². The van der Waals surface area contributed by atoms with Crippen LogP contribution in [0.3, 0.4) is 0 Å².